The van der Waals surface area contributed by atoms with Crippen molar-refractivity contribution in [2.75, 3.05) is 18.1 Å². The molecule has 204 valence electrons. The number of anilines is 1. The molecule has 4 aromatic heterocycles. The van der Waals surface area contributed by atoms with Crippen LogP contribution in [0.3, 0.4) is 0 Å². The van der Waals surface area contributed by atoms with Crippen molar-refractivity contribution in [2.24, 2.45) is 0 Å². The lowest BCUT2D eigenvalue weighted by atomic mass is 10.1. The first-order chi connectivity index (χ1) is 19.5. The second-order valence-electron chi connectivity index (χ2n) is 9.50. The van der Waals surface area contributed by atoms with Gasteiger partial charge in [-0.2, -0.15) is 4.80 Å². The minimum Gasteiger partial charge on any atom is -0.458 e. The highest BCUT2D eigenvalue weighted by atomic mass is 32.1. The first kappa shape index (κ1) is 25.8. The van der Waals surface area contributed by atoms with Crippen molar-refractivity contribution in [3.8, 4) is 11.6 Å². The predicted octanol–water partition coefficient (Wildman–Crippen LogP) is 3.92. The lowest BCUT2D eigenvalue weighted by Crippen LogP contribution is -2.46. The third-order valence-corrected chi connectivity index (χ3v) is 7.59. The molecule has 1 aliphatic rings. The lowest BCUT2D eigenvalue weighted by molar-refractivity contribution is -0.127. The van der Waals surface area contributed by atoms with Crippen LogP contribution in [-0.4, -0.2) is 56.3 Å². The van der Waals surface area contributed by atoms with E-state index in [4.69, 9.17) is 9.15 Å². The summed E-state index contributed by atoms with van der Waals surface area (Å²) in [5, 5.41) is 18.2. The maximum atomic E-state index is 14.0. The van der Waals surface area contributed by atoms with Crippen LogP contribution in [0.5, 0.6) is 0 Å². The minimum atomic E-state index is -0.937. The van der Waals surface area contributed by atoms with Gasteiger partial charge in [-0.3, -0.25) is 19.5 Å². The summed E-state index contributed by atoms with van der Waals surface area (Å²) in [7, 11) is 0. The van der Waals surface area contributed by atoms with Gasteiger partial charge in [-0.15, -0.1) is 21.5 Å². The Kier molecular flexibility index (Phi) is 7.34. The van der Waals surface area contributed by atoms with Crippen LogP contribution < -0.4 is 10.2 Å². The Morgan fingerprint density at radius 3 is 2.88 bits per heavy atom. The van der Waals surface area contributed by atoms with Crippen molar-refractivity contribution >= 4 is 39.7 Å². The number of fused-ring (bicyclic) bond motifs is 1. The highest BCUT2D eigenvalue weighted by molar-refractivity contribution is 7.10. The molecule has 0 bridgehead atoms. The zero-order valence-corrected chi connectivity index (χ0v) is 22.6. The Balaban J connectivity index is 1.35. The summed E-state index contributed by atoms with van der Waals surface area (Å²) in [4.78, 5) is 35.8. The second-order valence-corrected chi connectivity index (χ2v) is 10.5. The number of ether oxygens (including phenoxy) is 1. The number of nitrogens with zero attached hydrogens (tertiary/aromatic N) is 6. The molecule has 5 heterocycles. The van der Waals surface area contributed by atoms with Gasteiger partial charge in [0.05, 0.1) is 23.5 Å². The van der Waals surface area contributed by atoms with Gasteiger partial charge in [-0.05, 0) is 60.7 Å². The average molecular weight is 558 g/mol. The molecule has 0 saturated carbocycles. The first-order valence-electron chi connectivity index (χ1n) is 13.0. The Hall–Kier alpha value is -4.42. The molecule has 1 aromatic carbocycles. The number of amides is 2. The van der Waals surface area contributed by atoms with Crippen molar-refractivity contribution in [1.29, 1.82) is 0 Å². The van der Waals surface area contributed by atoms with E-state index in [1.165, 1.54) is 21.0 Å². The molecule has 6 rings (SSSR count). The molecule has 1 aliphatic heterocycles. The van der Waals surface area contributed by atoms with Crippen LogP contribution in [0.15, 0.2) is 70.6 Å². The first-order valence-corrected chi connectivity index (χ1v) is 13.9. The number of tetrazole rings is 1. The predicted molar refractivity (Wildman–Crippen MR) is 149 cm³/mol. The van der Waals surface area contributed by atoms with E-state index < -0.39 is 11.9 Å². The van der Waals surface area contributed by atoms with Gasteiger partial charge in [0.15, 0.2) is 5.76 Å². The van der Waals surface area contributed by atoms with Gasteiger partial charge in [0.2, 0.25) is 11.7 Å². The number of aryl methyl sites for hydroxylation is 1. The molecule has 1 N–H and O–H groups in total. The highest BCUT2D eigenvalue weighted by Gasteiger charge is 2.35. The van der Waals surface area contributed by atoms with Gasteiger partial charge >= 0.3 is 0 Å². The lowest BCUT2D eigenvalue weighted by Gasteiger charge is -2.30. The zero-order valence-electron chi connectivity index (χ0n) is 21.8. The van der Waals surface area contributed by atoms with E-state index in [9.17, 15) is 9.59 Å². The summed E-state index contributed by atoms with van der Waals surface area (Å²) >= 11 is 1.40. The normalized spacial score (nSPS) is 15.8. The van der Waals surface area contributed by atoms with E-state index in [1.54, 1.807) is 18.3 Å². The molecule has 1 saturated heterocycles. The van der Waals surface area contributed by atoms with Crippen molar-refractivity contribution in [2.45, 2.75) is 38.5 Å². The number of hydrogen-bond acceptors (Lipinski definition) is 9. The van der Waals surface area contributed by atoms with Crippen molar-refractivity contribution in [3.63, 3.8) is 0 Å². The molecule has 5 aromatic rings. The third-order valence-electron chi connectivity index (χ3n) is 6.66. The van der Waals surface area contributed by atoms with E-state index in [2.05, 4.69) is 25.7 Å². The Morgan fingerprint density at radius 2 is 2.10 bits per heavy atom. The molecule has 2 amide bonds. The Morgan fingerprint density at radius 1 is 1.20 bits per heavy atom. The van der Waals surface area contributed by atoms with Crippen molar-refractivity contribution < 1.29 is 18.7 Å². The van der Waals surface area contributed by atoms with E-state index in [1.807, 2.05) is 54.8 Å². The maximum absolute atomic E-state index is 14.0. The molecule has 0 spiro atoms. The maximum Gasteiger partial charge on any atom is 0.251 e. The second kappa shape index (κ2) is 11.4. The van der Waals surface area contributed by atoms with Gasteiger partial charge in [0.1, 0.15) is 18.3 Å². The van der Waals surface area contributed by atoms with Crippen LogP contribution in [0.4, 0.5) is 5.69 Å². The van der Waals surface area contributed by atoms with Crippen LogP contribution in [0.25, 0.3) is 22.5 Å². The number of rotatable bonds is 9. The van der Waals surface area contributed by atoms with Crippen LogP contribution >= 0.6 is 11.3 Å². The van der Waals surface area contributed by atoms with Gasteiger partial charge in [0, 0.05) is 23.4 Å². The van der Waals surface area contributed by atoms with E-state index in [0.29, 0.717) is 35.2 Å². The third kappa shape index (κ3) is 5.49. The van der Waals surface area contributed by atoms with Gasteiger partial charge < -0.3 is 14.5 Å². The Bertz CT molecular complexity index is 1620. The monoisotopic (exact) mass is 557 g/mol. The topological polar surface area (TPSA) is 128 Å². The van der Waals surface area contributed by atoms with E-state index in [0.717, 1.165) is 23.7 Å². The highest BCUT2D eigenvalue weighted by Crippen LogP contribution is 2.32. The molecule has 0 unspecified atom stereocenters. The summed E-state index contributed by atoms with van der Waals surface area (Å²) in [5.41, 5.74) is 1.27. The average Bonchev–Trinajstić information content (AvgIpc) is 3.78. The fourth-order valence-electron chi connectivity index (χ4n) is 4.73. The number of carbonyl (C=O) groups is 2. The van der Waals surface area contributed by atoms with Crippen LogP contribution in [-0.2, 0) is 20.9 Å². The van der Waals surface area contributed by atoms with Gasteiger partial charge in [-0.1, -0.05) is 24.3 Å². The number of para-hydroxylation sites is 1. The van der Waals surface area contributed by atoms with Gasteiger partial charge in [0.25, 0.3) is 5.91 Å². The fourth-order valence-corrected chi connectivity index (χ4v) is 5.54. The molecular formula is C28H27N7O4S. The van der Waals surface area contributed by atoms with Crippen LogP contribution in [0, 0.1) is 6.92 Å². The Labute approximate surface area is 233 Å². The quantitative estimate of drug-likeness (QED) is 0.289. The number of nitrogens with one attached hydrogen (secondary N) is 1. The number of pyridine rings is 1. The molecule has 12 heteroatoms. The zero-order chi connectivity index (χ0) is 27.5. The number of thiophene rings is 1. The summed E-state index contributed by atoms with van der Waals surface area (Å²) in [5.74, 6) is 0.728. The van der Waals surface area contributed by atoms with Crippen molar-refractivity contribution in [1.82, 2.24) is 30.5 Å². The fraction of sp³-hybridized carbons (Fsp3) is 0.286. The van der Waals surface area contributed by atoms with Crippen LogP contribution in [0.1, 0.15) is 29.5 Å². The molecule has 0 aliphatic carbocycles. The summed E-state index contributed by atoms with van der Waals surface area (Å²) in [6.07, 6.45) is 3.42. The summed E-state index contributed by atoms with van der Waals surface area (Å²) in [6.45, 7) is 2.63. The number of furan rings is 1. The molecule has 40 heavy (non-hydrogen) atoms. The largest absolute Gasteiger partial charge is 0.458 e. The van der Waals surface area contributed by atoms with Crippen molar-refractivity contribution in [3.05, 3.63) is 76.8 Å². The van der Waals surface area contributed by atoms with Gasteiger partial charge in [-0.25, -0.2) is 0 Å². The number of hydrogen-bond donors (Lipinski definition) is 1. The number of aromatic nitrogens is 5. The SMILES string of the molecule is Cc1ccc(-c2nnn(CC(=O)N(c3cnc4ccccc4c3)[C@@H](C(=O)NC[C@H]3CCCO3)c3cccs3)n2)o1. The summed E-state index contributed by atoms with van der Waals surface area (Å²) in [6, 6.07) is 15.8. The number of carbonyl (C=O) groups excluding carboxylic acids is 2. The molecule has 2 atom stereocenters. The molecule has 1 fully saturated rings. The smallest absolute Gasteiger partial charge is 0.251 e. The standard InChI is InChI=1S/C28H27N7O4S/c1-18-10-11-23(39-18)27-31-33-34(32-27)17-25(36)35(20-14-19-6-2-3-8-22(19)29-15-20)26(24-9-5-13-40-24)28(37)30-16-21-7-4-12-38-21/h2-3,5-6,8-11,13-15,21,26H,4,7,12,16-17H2,1H3,(H,30,37)/t21-,26-/m1/s1. The summed E-state index contributed by atoms with van der Waals surface area (Å²) < 4.78 is 11.3. The number of benzene rings is 1. The molecule has 11 nitrogen and oxygen atoms in total. The molecule has 0 radical (unpaired) electrons. The van der Waals surface area contributed by atoms with Crippen LogP contribution in [0.2, 0.25) is 0 Å². The van der Waals surface area contributed by atoms with E-state index >= 15 is 0 Å². The minimum absolute atomic E-state index is 0.0394. The molecular weight excluding hydrogens is 530 g/mol. The van der Waals surface area contributed by atoms with E-state index in [-0.39, 0.29) is 24.4 Å².